The molecule has 0 fully saturated rings. The summed E-state index contributed by atoms with van der Waals surface area (Å²) < 4.78 is 2.78. The van der Waals surface area contributed by atoms with Crippen molar-refractivity contribution in [3.8, 4) is 0 Å². The van der Waals surface area contributed by atoms with Crippen LogP contribution in [-0.4, -0.2) is 78.3 Å². The molecule has 36 heavy (non-hydrogen) atoms. The van der Waals surface area contributed by atoms with Crippen LogP contribution in [0.25, 0.3) is 0 Å². The van der Waals surface area contributed by atoms with Gasteiger partial charge in [-0.25, -0.2) is 0 Å². The summed E-state index contributed by atoms with van der Waals surface area (Å²) in [5, 5.41) is 8.66. The van der Waals surface area contributed by atoms with Crippen LogP contribution >= 0.6 is 242 Å². The Hall–Kier alpha value is 7.00. The third-order valence-electron chi connectivity index (χ3n) is 3.51. The van der Waals surface area contributed by atoms with E-state index in [0.717, 1.165) is 50.8 Å². The van der Waals surface area contributed by atoms with Crippen molar-refractivity contribution in [2.24, 2.45) is 0 Å². The van der Waals surface area contributed by atoms with Crippen molar-refractivity contribution in [3.63, 3.8) is 0 Å². The van der Waals surface area contributed by atoms with Crippen LogP contribution in [0.3, 0.4) is 0 Å². The molecule has 0 amide bonds. The highest BCUT2D eigenvalue weighted by Gasteiger charge is 2.28. The minimum absolute atomic E-state index is 0.457. The van der Waals surface area contributed by atoms with E-state index in [0.29, 0.717) is 27.5 Å². The third kappa shape index (κ3) is 21.7. The van der Waals surface area contributed by atoms with Gasteiger partial charge in [-0.05, 0) is 0 Å². The van der Waals surface area contributed by atoms with Crippen molar-refractivity contribution < 1.29 is 0 Å². The Morgan fingerprint density at radius 2 is 0.389 bits per heavy atom. The monoisotopic (exact) mass is 866 g/mol. The van der Waals surface area contributed by atoms with Gasteiger partial charge in [-0.15, -0.1) is 141 Å². The topological polar surface area (TPSA) is 0 Å². The van der Waals surface area contributed by atoms with Gasteiger partial charge in [0.2, 0.25) is 0 Å². The first-order valence-electron chi connectivity index (χ1n) is 9.82. The van der Waals surface area contributed by atoms with Crippen molar-refractivity contribution in [1.82, 2.24) is 0 Å². The quantitative estimate of drug-likeness (QED) is 0.0293. The Bertz CT molecular complexity index is 409. The molecule has 0 N–H and O–H groups in total. The molecule has 0 rings (SSSR count). The Labute approximate surface area is 315 Å². The van der Waals surface area contributed by atoms with Gasteiger partial charge in [0.05, 0.1) is 27.5 Å². The van der Waals surface area contributed by atoms with E-state index in [-0.39, 0.29) is 0 Å². The Morgan fingerprint density at radius 3 is 0.528 bits per heavy atom. The molecular weight excluding hydrogens is 834 g/mol. The average Bonchev–Trinajstić information content (AvgIpc) is 2.86. The van der Waals surface area contributed by atoms with Gasteiger partial charge < -0.3 is 0 Å². The maximum absolute atomic E-state index is 4.56. The van der Waals surface area contributed by atoms with E-state index in [1.54, 1.807) is 0 Å². The molecule has 0 nitrogen and oxygen atoms in total. The van der Waals surface area contributed by atoms with E-state index in [1.807, 2.05) is 141 Å². The summed E-state index contributed by atoms with van der Waals surface area (Å²) >= 11 is 59.3. The lowest BCUT2D eigenvalue weighted by Crippen LogP contribution is -2.18. The molecule has 0 aliphatic rings. The lowest BCUT2D eigenvalue weighted by atomic mass is 10.9. The predicted molar refractivity (Wildman–Crippen MR) is 234 cm³/mol. The smallest absolute Gasteiger partial charge is 0.0729 e. The summed E-state index contributed by atoms with van der Waals surface area (Å²) in [6.07, 6.45) is 0. The fourth-order valence-corrected chi connectivity index (χ4v) is 25.9. The number of thioether (sulfide) groups is 12. The maximum Gasteiger partial charge on any atom is 0.0729 e. The third-order valence-corrected chi connectivity index (χ3v) is 24.6. The molecule has 4 atom stereocenters. The van der Waals surface area contributed by atoms with E-state index in [2.05, 4.69) is 101 Å². The highest BCUT2D eigenvalue weighted by Crippen LogP contribution is 2.47. The molecule has 0 aromatic carbocycles. The second kappa shape index (κ2) is 32.0. The molecule has 0 heterocycles. The van der Waals surface area contributed by atoms with Crippen molar-refractivity contribution in [3.05, 3.63) is 0 Å². The summed E-state index contributed by atoms with van der Waals surface area (Å²) in [6, 6.07) is 0. The number of hydrogen-bond donors (Lipinski definition) is 8. The fourth-order valence-electron chi connectivity index (χ4n) is 2.17. The van der Waals surface area contributed by atoms with Gasteiger partial charge >= 0.3 is 0 Å². The van der Waals surface area contributed by atoms with Gasteiger partial charge in [-0.1, -0.05) is 0 Å². The Kier molecular flexibility index (Phi) is 38.2. The molecule has 0 aromatic heterocycles. The van der Waals surface area contributed by atoms with Crippen LogP contribution < -0.4 is 0 Å². The molecule has 0 aliphatic heterocycles. The zero-order valence-corrected chi connectivity index (χ0v) is 36.0. The van der Waals surface area contributed by atoms with Crippen LogP contribution in [0.1, 0.15) is 0 Å². The fraction of sp³-hybridized carbons (Fsp3) is 1.00. The SMILES string of the molecule is SCSC(SCS)C(SCS)SCSC(SCS)C(SCS)SCSC(SCS)C(SCS)SCS. The van der Waals surface area contributed by atoms with E-state index >= 15 is 0 Å². The summed E-state index contributed by atoms with van der Waals surface area (Å²) in [5.41, 5.74) is 0. The molecule has 0 saturated carbocycles. The molecular formula is C16H34S20. The first-order valence-corrected chi connectivity index (χ1v) is 27.5. The van der Waals surface area contributed by atoms with Crippen LogP contribution in [0, 0.1) is 0 Å². The molecule has 0 spiro atoms. The molecule has 0 saturated heterocycles. The Balaban J connectivity index is 5.08. The first kappa shape index (κ1) is 43.0. The standard InChI is InChI=1S/C16H34S20/c17-1-25-11(26-2-18)13(29-5-21)33-9-35-15(31-7-23)16(32-8-24)36-10-34-14(30-6-22)12(27-3-19)28-4-20/h11-24H,1-10H2. The van der Waals surface area contributed by atoms with Crippen LogP contribution in [0.4, 0.5) is 0 Å². The van der Waals surface area contributed by atoms with Crippen molar-refractivity contribution >= 4 is 242 Å². The Morgan fingerprint density at radius 1 is 0.250 bits per heavy atom. The summed E-state index contributed by atoms with van der Waals surface area (Å²) in [5.74, 6) is 0. The van der Waals surface area contributed by atoms with E-state index in [1.165, 1.54) is 0 Å². The number of thiol groups is 8. The van der Waals surface area contributed by atoms with E-state index in [9.17, 15) is 0 Å². The maximum atomic E-state index is 4.56. The molecule has 0 radical (unpaired) electrons. The van der Waals surface area contributed by atoms with Gasteiger partial charge in [0.15, 0.2) is 0 Å². The highest BCUT2D eigenvalue weighted by atomic mass is 32.3. The van der Waals surface area contributed by atoms with E-state index < -0.39 is 0 Å². The number of rotatable bonds is 27. The molecule has 20 heteroatoms. The normalized spacial score (nSPS) is 15.5. The van der Waals surface area contributed by atoms with Crippen molar-refractivity contribution in [1.29, 1.82) is 0 Å². The molecule has 0 aromatic rings. The molecule has 218 valence electrons. The first-order chi connectivity index (χ1) is 17.6. The summed E-state index contributed by atoms with van der Waals surface area (Å²) in [7, 11) is 0. The lowest BCUT2D eigenvalue weighted by molar-refractivity contribution is 1.35. The molecule has 0 aliphatic carbocycles. The second-order valence-electron chi connectivity index (χ2n) is 5.48. The van der Waals surface area contributed by atoms with E-state index in [4.69, 9.17) is 0 Å². The molecule has 0 bridgehead atoms. The van der Waals surface area contributed by atoms with Crippen LogP contribution in [0.2, 0.25) is 0 Å². The predicted octanol–water partition coefficient (Wildman–Crippen LogP) is 10.8. The molecule has 4 unspecified atom stereocenters. The summed E-state index contributed by atoms with van der Waals surface area (Å²) in [6.45, 7) is 0. The van der Waals surface area contributed by atoms with Crippen LogP contribution in [0.15, 0.2) is 0 Å². The zero-order valence-electron chi connectivity index (χ0n) is 19.0. The van der Waals surface area contributed by atoms with Gasteiger partial charge in [0.1, 0.15) is 0 Å². The zero-order chi connectivity index (χ0) is 27.0. The lowest BCUT2D eigenvalue weighted by Gasteiger charge is -2.28. The average molecular weight is 868 g/mol. The summed E-state index contributed by atoms with van der Waals surface area (Å²) in [4.78, 5) is 0. The van der Waals surface area contributed by atoms with Gasteiger partial charge in [0.25, 0.3) is 0 Å². The van der Waals surface area contributed by atoms with Crippen molar-refractivity contribution in [2.75, 3.05) is 50.8 Å². The van der Waals surface area contributed by atoms with Gasteiger partial charge in [0, 0.05) is 50.8 Å². The van der Waals surface area contributed by atoms with Crippen LogP contribution in [-0.2, 0) is 0 Å². The second-order valence-corrected chi connectivity index (χ2v) is 27.5. The minimum Gasteiger partial charge on any atom is -0.168 e. The highest BCUT2D eigenvalue weighted by molar-refractivity contribution is 8.34. The number of hydrogen-bond acceptors (Lipinski definition) is 20. The van der Waals surface area contributed by atoms with Gasteiger partial charge in [-0.2, -0.15) is 101 Å². The van der Waals surface area contributed by atoms with Gasteiger partial charge in [-0.3, -0.25) is 0 Å². The van der Waals surface area contributed by atoms with Crippen molar-refractivity contribution in [2.45, 2.75) is 27.5 Å². The minimum atomic E-state index is 0.457. The largest absolute Gasteiger partial charge is 0.168 e. The van der Waals surface area contributed by atoms with Crippen LogP contribution in [0.5, 0.6) is 0 Å².